The number of pyridine rings is 1. The molecule has 3 heterocycles. The van der Waals surface area contributed by atoms with Gasteiger partial charge in [0.05, 0.1) is 41.0 Å². The maximum atomic E-state index is 14.5. The Kier molecular flexibility index (Phi) is 7.54. The predicted molar refractivity (Wildman–Crippen MR) is 170 cm³/mol. The molecule has 0 spiro atoms. The second-order valence-corrected chi connectivity index (χ2v) is 13.3. The summed E-state index contributed by atoms with van der Waals surface area (Å²) >= 11 is 6.24. The van der Waals surface area contributed by atoms with Crippen LogP contribution in [0.25, 0.3) is 0 Å². The van der Waals surface area contributed by atoms with Gasteiger partial charge in [-0.05, 0) is 67.6 Å². The molecular formula is C35H30ClF3N4O6. The van der Waals surface area contributed by atoms with Crippen molar-refractivity contribution in [3.8, 4) is 11.5 Å². The van der Waals surface area contributed by atoms with Gasteiger partial charge in [-0.25, -0.2) is 9.88 Å². The van der Waals surface area contributed by atoms with Crippen molar-refractivity contribution < 1.29 is 42.2 Å². The van der Waals surface area contributed by atoms with Crippen LogP contribution >= 0.6 is 11.6 Å². The molecule has 10 nitrogen and oxygen atoms in total. The third kappa shape index (κ3) is 4.72. The van der Waals surface area contributed by atoms with Gasteiger partial charge in [-0.2, -0.15) is 18.2 Å². The third-order valence-corrected chi connectivity index (χ3v) is 10.8. The number of benzene rings is 2. The molecule has 2 aliphatic heterocycles. The molecule has 1 aromatic heterocycles. The molecule has 0 unspecified atom stereocenters. The van der Waals surface area contributed by atoms with E-state index in [0.29, 0.717) is 22.9 Å². The summed E-state index contributed by atoms with van der Waals surface area (Å²) in [5.41, 5.74) is -0.912. The van der Waals surface area contributed by atoms with Gasteiger partial charge in [-0.15, -0.1) is 0 Å². The summed E-state index contributed by atoms with van der Waals surface area (Å²) in [6.45, 7) is 1.73. The van der Waals surface area contributed by atoms with Crippen LogP contribution in [0.1, 0.15) is 36.9 Å². The number of fused-ring (bicyclic) bond motifs is 4. The van der Waals surface area contributed by atoms with E-state index in [0.717, 1.165) is 16.1 Å². The van der Waals surface area contributed by atoms with E-state index in [1.165, 1.54) is 25.1 Å². The van der Waals surface area contributed by atoms with Crippen LogP contribution in [0.3, 0.4) is 0 Å². The summed E-state index contributed by atoms with van der Waals surface area (Å²) in [6, 6.07) is 14.9. The molecule has 0 radical (unpaired) electrons. The Labute approximate surface area is 283 Å². The zero-order valence-corrected chi connectivity index (χ0v) is 27.2. The lowest BCUT2D eigenvalue weighted by Crippen LogP contribution is -2.49. The van der Waals surface area contributed by atoms with Crippen LogP contribution in [0.4, 0.5) is 24.7 Å². The van der Waals surface area contributed by atoms with Crippen LogP contribution in [-0.4, -0.2) is 52.9 Å². The van der Waals surface area contributed by atoms with Gasteiger partial charge in [-0.1, -0.05) is 47.5 Å². The van der Waals surface area contributed by atoms with E-state index >= 15 is 0 Å². The number of allylic oxidation sites excluding steroid dienone is 2. The van der Waals surface area contributed by atoms with Gasteiger partial charge in [0.15, 0.2) is 17.3 Å². The third-order valence-electron chi connectivity index (χ3n) is 10.5. The fourth-order valence-corrected chi connectivity index (χ4v) is 8.51. The number of para-hydroxylation sites is 1. The molecule has 1 saturated carbocycles. The summed E-state index contributed by atoms with van der Waals surface area (Å²) in [5, 5.41) is 11.9. The van der Waals surface area contributed by atoms with Crippen molar-refractivity contribution in [1.82, 2.24) is 9.99 Å². The number of amides is 4. The molecule has 6 atom stereocenters. The average molecular weight is 695 g/mol. The molecule has 2 aliphatic carbocycles. The molecule has 4 aliphatic rings. The van der Waals surface area contributed by atoms with Gasteiger partial charge in [-0.3, -0.25) is 24.2 Å². The standard InChI is InChI=1S/C35H30ClF3N4O6/c1-34-22(31(46)42(33(34)48)18-7-5-4-6-8-18)16-21-19(28(34)17-9-13-24(44)25(15-17)49-3)10-11-20-27(21)32(47)43(30(20)45)41(2)29-23(36)12-14-26(40-29)35(37,38)39/h4-10,12-15,20-22,27-28,44H,11,16H2,1-3H3/t20-,21+,22-,27-,28-,34+/m0/s1. The quantitative estimate of drug-likeness (QED) is 0.265. The number of ether oxygens (including phenoxy) is 1. The first kappa shape index (κ1) is 32.6. The number of aromatic hydroxyl groups is 1. The Morgan fingerprint density at radius 1 is 1.00 bits per heavy atom. The van der Waals surface area contributed by atoms with E-state index < -0.39 is 76.3 Å². The van der Waals surface area contributed by atoms with Crippen molar-refractivity contribution in [2.24, 2.45) is 29.1 Å². The molecular weight excluding hydrogens is 665 g/mol. The first-order valence-corrected chi connectivity index (χ1v) is 15.9. The fraction of sp³-hybridized carbons (Fsp3) is 0.343. The van der Waals surface area contributed by atoms with Crippen molar-refractivity contribution >= 4 is 46.7 Å². The lowest BCUT2D eigenvalue weighted by atomic mass is 9.51. The Balaban J connectivity index is 1.33. The van der Waals surface area contributed by atoms with E-state index in [1.54, 1.807) is 49.4 Å². The number of imide groups is 2. The van der Waals surface area contributed by atoms with Gasteiger partial charge >= 0.3 is 6.18 Å². The topological polar surface area (TPSA) is 120 Å². The number of nitrogens with zero attached hydrogens (tertiary/aromatic N) is 4. The van der Waals surface area contributed by atoms with Crippen LogP contribution in [0, 0.1) is 29.1 Å². The van der Waals surface area contributed by atoms with Crippen LogP contribution in [0.5, 0.6) is 11.5 Å². The first-order valence-electron chi connectivity index (χ1n) is 15.6. The molecule has 14 heteroatoms. The number of phenolic OH excluding ortho intramolecular Hbond substituents is 1. The monoisotopic (exact) mass is 694 g/mol. The number of hydrazine groups is 1. The van der Waals surface area contributed by atoms with Crippen molar-refractivity contribution in [2.45, 2.75) is 31.9 Å². The second-order valence-electron chi connectivity index (χ2n) is 12.9. The molecule has 3 fully saturated rings. The number of methoxy groups -OCH3 is 1. The lowest BCUT2D eigenvalue weighted by molar-refractivity contribution is -0.141. The second kappa shape index (κ2) is 11.3. The van der Waals surface area contributed by atoms with Gasteiger partial charge < -0.3 is 9.84 Å². The first-order chi connectivity index (χ1) is 23.2. The number of hydrogen-bond acceptors (Lipinski definition) is 8. The van der Waals surface area contributed by atoms with Crippen molar-refractivity contribution in [2.75, 3.05) is 24.1 Å². The number of anilines is 2. The van der Waals surface area contributed by atoms with Crippen LogP contribution in [0.15, 0.2) is 72.3 Å². The summed E-state index contributed by atoms with van der Waals surface area (Å²) in [5.74, 6) is -6.81. The molecule has 2 aromatic carbocycles. The summed E-state index contributed by atoms with van der Waals surface area (Å²) in [4.78, 5) is 61.8. The highest BCUT2D eigenvalue weighted by Gasteiger charge is 2.68. The largest absolute Gasteiger partial charge is 0.504 e. The maximum Gasteiger partial charge on any atom is 0.433 e. The number of carbonyl (C=O) groups is 4. The number of rotatable bonds is 5. The number of halogens is 4. The maximum absolute atomic E-state index is 14.5. The van der Waals surface area contributed by atoms with Gasteiger partial charge in [0.2, 0.25) is 11.8 Å². The predicted octanol–water partition coefficient (Wildman–Crippen LogP) is 5.75. The summed E-state index contributed by atoms with van der Waals surface area (Å²) in [7, 11) is 2.63. The van der Waals surface area contributed by atoms with Crippen LogP contribution < -0.4 is 14.6 Å². The zero-order valence-electron chi connectivity index (χ0n) is 26.4. The zero-order chi connectivity index (χ0) is 35.2. The lowest BCUT2D eigenvalue weighted by Gasteiger charge is -2.49. The molecule has 7 rings (SSSR count). The van der Waals surface area contributed by atoms with E-state index in [1.807, 2.05) is 6.08 Å². The number of carbonyl (C=O) groups excluding carboxylic acids is 4. The van der Waals surface area contributed by atoms with Crippen LogP contribution in [-0.2, 0) is 25.4 Å². The molecule has 2 saturated heterocycles. The minimum Gasteiger partial charge on any atom is -0.504 e. The van der Waals surface area contributed by atoms with Crippen LogP contribution in [0.2, 0.25) is 5.02 Å². The van der Waals surface area contributed by atoms with Gasteiger partial charge in [0.1, 0.15) is 5.69 Å². The smallest absolute Gasteiger partial charge is 0.433 e. The van der Waals surface area contributed by atoms with E-state index in [9.17, 15) is 37.5 Å². The van der Waals surface area contributed by atoms with E-state index in [2.05, 4.69) is 4.98 Å². The summed E-state index contributed by atoms with van der Waals surface area (Å²) in [6.07, 6.45) is -2.79. The summed E-state index contributed by atoms with van der Waals surface area (Å²) < 4.78 is 46.0. The van der Waals surface area contributed by atoms with E-state index in [4.69, 9.17) is 16.3 Å². The normalized spacial score (nSPS) is 27.9. The number of phenols is 1. The SMILES string of the molecule is COc1cc([C@H]2C3=CC[C@@H]4C(=O)N(N(C)c5nc(C(F)(F)F)ccc5Cl)C(=O)[C@@H]4[C@@H]3C[C@H]3C(=O)N(c4ccccc4)C(=O)[C@@]23C)ccc1O. The molecule has 0 bridgehead atoms. The Hall–Kier alpha value is -4.91. The number of aromatic nitrogens is 1. The number of alkyl halides is 3. The molecule has 4 amide bonds. The fourth-order valence-electron chi connectivity index (χ4n) is 8.28. The van der Waals surface area contributed by atoms with E-state index in [-0.39, 0.29) is 29.4 Å². The van der Waals surface area contributed by atoms with Gasteiger partial charge in [0.25, 0.3) is 11.8 Å². The highest BCUT2D eigenvalue weighted by Crippen LogP contribution is 2.64. The molecule has 49 heavy (non-hydrogen) atoms. The number of hydrogen-bond donors (Lipinski definition) is 1. The Morgan fingerprint density at radius 2 is 1.71 bits per heavy atom. The highest BCUT2D eigenvalue weighted by atomic mass is 35.5. The van der Waals surface area contributed by atoms with Crippen molar-refractivity contribution in [3.63, 3.8) is 0 Å². The molecule has 1 N–H and O–H groups in total. The average Bonchev–Trinajstić information content (AvgIpc) is 3.44. The Morgan fingerprint density at radius 3 is 2.39 bits per heavy atom. The van der Waals surface area contributed by atoms with Crippen molar-refractivity contribution in [3.05, 3.63) is 88.6 Å². The van der Waals surface area contributed by atoms with Gasteiger partial charge in [0, 0.05) is 13.0 Å². The Bertz CT molecular complexity index is 1950. The minimum atomic E-state index is -4.80. The minimum absolute atomic E-state index is 0.0717. The molecule has 3 aromatic rings. The highest BCUT2D eigenvalue weighted by molar-refractivity contribution is 6.33. The van der Waals surface area contributed by atoms with Crippen molar-refractivity contribution in [1.29, 1.82) is 0 Å². The molecule has 254 valence electrons.